The van der Waals surface area contributed by atoms with Crippen LogP contribution in [0.4, 0.5) is 8.78 Å². The summed E-state index contributed by atoms with van der Waals surface area (Å²) in [6, 6.07) is 4.19. The molecule has 1 aliphatic rings. The van der Waals surface area contributed by atoms with Crippen LogP contribution in [-0.4, -0.2) is 6.54 Å². The van der Waals surface area contributed by atoms with Crippen molar-refractivity contribution in [1.29, 1.82) is 0 Å². The van der Waals surface area contributed by atoms with Crippen LogP contribution in [0, 0.1) is 5.82 Å². The number of halogens is 2. The average Bonchev–Trinajstić information content (AvgIpc) is 2.45. The molecule has 1 nitrogen and oxygen atoms in total. The minimum Gasteiger partial charge on any atom is -0.327 e. The molecule has 0 radical (unpaired) electrons. The largest absolute Gasteiger partial charge is 0.327 e. The van der Waals surface area contributed by atoms with E-state index in [1.165, 1.54) is 18.2 Å². The van der Waals surface area contributed by atoms with Gasteiger partial charge in [-0.25, -0.2) is 8.78 Å². The average molecular weight is 183 g/mol. The Morgan fingerprint density at radius 1 is 1.46 bits per heavy atom. The summed E-state index contributed by atoms with van der Waals surface area (Å²) in [5, 5.41) is 0. The van der Waals surface area contributed by atoms with E-state index in [9.17, 15) is 8.78 Å². The van der Waals surface area contributed by atoms with E-state index in [2.05, 4.69) is 0 Å². The molecule has 0 heterocycles. The minimum atomic E-state index is -1.43. The van der Waals surface area contributed by atoms with Gasteiger partial charge in [-0.2, -0.15) is 0 Å². The zero-order chi connectivity index (χ0) is 9.47. The Balaban J connectivity index is 2.49. The first-order valence-corrected chi connectivity index (χ1v) is 4.33. The van der Waals surface area contributed by atoms with E-state index in [1.807, 2.05) is 0 Å². The van der Waals surface area contributed by atoms with Gasteiger partial charge in [0, 0.05) is 6.54 Å². The number of hydrogen-bond donors (Lipinski definition) is 1. The fraction of sp³-hybridized carbons (Fsp3) is 0.400. The van der Waals surface area contributed by atoms with E-state index in [-0.39, 0.29) is 12.4 Å². The SMILES string of the molecule is NCC1(F)CCc2cc(F)ccc21. The third-order valence-electron chi connectivity index (χ3n) is 2.66. The van der Waals surface area contributed by atoms with E-state index in [0.29, 0.717) is 18.4 Å². The highest BCUT2D eigenvalue weighted by Gasteiger charge is 2.37. The normalized spacial score (nSPS) is 26.1. The van der Waals surface area contributed by atoms with E-state index in [1.54, 1.807) is 0 Å². The van der Waals surface area contributed by atoms with Gasteiger partial charge in [-0.05, 0) is 36.1 Å². The molecule has 13 heavy (non-hydrogen) atoms. The maximum atomic E-state index is 13.9. The molecule has 0 spiro atoms. The monoisotopic (exact) mass is 183 g/mol. The van der Waals surface area contributed by atoms with Crippen molar-refractivity contribution in [3.05, 3.63) is 35.1 Å². The second kappa shape index (κ2) is 2.77. The van der Waals surface area contributed by atoms with Gasteiger partial charge in [-0.15, -0.1) is 0 Å². The Bertz CT molecular complexity index is 338. The molecule has 2 N–H and O–H groups in total. The molecule has 1 unspecified atom stereocenters. The maximum Gasteiger partial charge on any atom is 0.148 e. The van der Waals surface area contributed by atoms with Crippen LogP contribution in [-0.2, 0) is 12.1 Å². The van der Waals surface area contributed by atoms with Crippen molar-refractivity contribution in [3.63, 3.8) is 0 Å². The molecular formula is C10H11F2N. The van der Waals surface area contributed by atoms with Crippen LogP contribution in [0.2, 0.25) is 0 Å². The summed E-state index contributed by atoms with van der Waals surface area (Å²) in [6.45, 7) is -0.0222. The highest BCUT2D eigenvalue weighted by Crippen LogP contribution is 2.39. The smallest absolute Gasteiger partial charge is 0.148 e. The first-order valence-electron chi connectivity index (χ1n) is 4.33. The van der Waals surface area contributed by atoms with Crippen molar-refractivity contribution >= 4 is 0 Å². The van der Waals surface area contributed by atoms with Gasteiger partial charge in [0.25, 0.3) is 0 Å². The predicted molar refractivity (Wildman–Crippen MR) is 46.6 cm³/mol. The van der Waals surface area contributed by atoms with Crippen LogP contribution < -0.4 is 5.73 Å². The first kappa shape index (κ1) is 8.63. The molecule has 0 aliphatic heterocycles. The Kier molecular flexibility index (Phi) is 1.84. The van der Waals surface area contributed by atoms with Gasteiger partial charge in [0.15, 0.2) is 0 Å². The highest BCUT2D eigenvalue weighted by atomic mass is 19.1. The van der Waals surface area contributed by atoms with E-state index < -0.39 is 5.67 Å². The predicted octanol–water partition coefficient (Wildman–Crippen LogP) is 1.90. The Labute approximate surface area is 75.6 Å². The quantitative estimate of drug-likeness (QED) is 0.707. The minimum absolute atomic E-state index is 0.0222. The van der Waals surface area contributed by atoms with E-state index in [4.69, 9.17) is 5.73 Å². The fourth-order valence-corrected chi connectivity index (χ4v) is 1.89. The second-order valence-electron chi connectivity index (χ2n) is 3.47. The first-order chi connectivity index (χ1) is 6.15. The summed E-state index contributed by atoms with van der Waals surface area (Å²) in [4.78, 5) is 0. The van der Waals surface area contributed by atoms with Gasteiger partial charge in [0.1, 0.15) is 11.5 Å². The Morgan fingerprint density at radius 2 is 2.23 bits per heavy atom. The molecule has 0 amide bonds. The van der Waals surface area contributed by atoms with Crippen molar-refractivity contribution in [1.82, 2.24) is 0 Å². The van der Waals surface area contributed by atoms with E-state index in [0.717, 1.165) is 5.56 Å². The third-order valence-corrected chi connectivity index (χ3v) is 2.66. The molecule has 70 valence electrons. The molecule has 1 aliphatic carbocycles. The van der Waals surface area contributed by atoms with Crippen LogP contribution in [0.1, 0.15) is 17.5 Å². The fourth-order valence-electron chi connectivity index (χ4n) is 1.89. The van der Waals surface area contributed by atoms with Crippen molar-refractivity contribution < 1.29 is 8.78 Å². The van der Waals surface area contributed by atoms with Crippen LogP contribution in [0.3, 0.4) is 0 Å². The lowest BCUT2D eigenvalue weighted by atomic mass is 9.98. The highest BCUT2D eigenvalue weighted by molar-refractivity contribution is 5.37. The topological polar surface area (TPSA) is 26.0 Å². The summed E-state index contributed by atoms with van der Waals surface area (Å²) >= 11 is 0. The molecule has 1 atom stereocenters. The van der Waals surface area contributed by atoms with Gasteiger partial charge < -0.3 is 5.73 Å². The number of hydrogen-bond acceptors (Lipinski definition) is 1. The van der Waals surface area contributed by atoms with Gasteiger partial charge in [-0.3, -0.25) is 0 Å². The third kappa shape index (κ3) is 1.23. The standard InChI is InChI=1S/C10H11F2N/c11-8-1-2-9-7(5-8)3-4-10(9,12)6-13/h1-2,5H,3-4,6,13H2. The van der Waals surface area contributed by atoms with Crippen molar-refractivity contribution in [2.24, 2.45) is 5.73 Å². The lowest BCUT2D eigenvalue weighted by Crippen LogP contribution is -2.27. The summed E-state index contributed by atoms with van der Waals surface area (Å²) in [7, 11) is 0. The molecule has 1 aromatic carbocycles. The molecule has 1 aromatic rings. The van der Waals surface area contributed by atoms with Crippen LogP contribution in [0.5, 0.6) is 0 Å². The summed E-state index contributed by atoms with van der Waals surface area (Å²) < 4.78 is 26.7. The molecule has 0 fully saturated rings. The number of benzene rings is 1. The number of rotatable bonds is 1. The second-order valence-corrected chi connectivity index (χ2v) is 3.47. The molecule has 3 heteroatoms. The molecule has 0 aromatic heterocycles. The number of aryl methyl sites for hydroxylation is 1. The van der Waals surface area contributed by atoms with Gasteiger partial charge >= 0.3 is 0 Å². The molecule has 0 saturated heterocycles. The Morgan fingerprint density at radius 3 is 2.92 bits per heavy atom. The Hall–Kier alpha value is -0.960. The van der Waals surface area contributed by atoms with Crippen LogP contribution in [0.25, 0.3) is 0 Å². The zero-order valence-electron chi connectivity index (χ0n) is 7.19. The van der Waals surface area contributed by atoms with Gasteiger partial charge in [0.05, 0.1) is 0 Å². The maximum absolute atomic E-state index is 13.9. The molecule has 0 bridgehead atoms. The summed E-state index contributed by atoms with van der Waals surface area (Å²) in [5.41, 5.74) is 5.25. The zero-order valence-corrected chi connectivity index (χ0v) is 7.19. The van der Waals surface area contributed by atoms with Gasteiger partial charge in [-0.1, -0.05) is 6.07 Å². The van der Waals surface area contributed by atoms with Crippen molar-refractivity contribution in [2.75, 3.05) is 6.54 Å². The number of alkyl halides is 1. The molecule has 0 saturated carbocycles. The van der Waals surface area contributed by atoms with Crippen LogP contribution >= 0.6 is 0 Å². The van der Waals surface area contributed by atoms with Crippen molar-refractivity contribution in [2.45, 2.75) is 18.5 Å². The van der Waals surface area contributed by atoms with Crippen molar-refractivity contribution in [3.8, 4) is 0 Å². The number of fused-ring (bicyclic) bond motifs is 1. The van der Waals surface area contributed by atoms with E-state index >= 15 is 0 Å². The molecule has 2 rings (SSSR count). The lowest BCUT2D eigenvalue weighted by Gasteiger charge is -2.17. The molecular weight excluding hydrogens is 172 g/mol. The summed E-state index contributed by atoms with van der Waals surface area (Å²) in [6.07, 6.45) is 0.961. The summed E-state index contributed by atoms with van der Waals surface area (Å²) in [5.74, 6) is -0.306. The van der Waals surface area contributed by atoms with Crippen LogP contribution in [0.15, 0.2) is 18.2 Å². The lowest BCUT2D eigenvalue weighted by molar-refractivity contribution is 0.177. The number of nitrogens with two attached hydrogens (primary N) is 1. The van der Waals surface area contributed by atoms with Gasteiger partial charge in [0.2, 0.25) is 0 Å².